The molecule has 0 bridgehead atoms. The average Bonchev–Trinajstić information content (AvgIpc) is 3.25. The number of carbonyl (C=O) groups is 1. The third-order valence-electron chi connectivity index (χ3n) is 4.79. The quantitative estimate of drug-likeness (QED) is 0.558. The van der Waals surface area contributed by atoms with Crippen molar-refractivity contribution in [3.05, 3.63) is 70.5 Å². The SMILES string of the molecule is Cc1nn(C(C)C(=O)N(C)Cc2ccccc2)c(=O)c2cc3occc3n12. The molecule has 0 radical (unpaired) electrons. The third-order valence-corrected chi connectivity index (χ3v) is 4.79. The Morgan fingerprint density at radius 1 is 1.22 bits per heavy atom. The lowest BCUT2D eigenvalue weighted by Crippen LogP contribution is -2.38. The summed E-state index contributed by atoms with van der Waals surface area (Å²) >= 11 is 0. The van der Waals surface area contributed by atoms with Gasteiger partial charge >= 0.3 is 0 Å². The zero-order valence-electron chi connectivity index (χ0n) is 15.4. The number of aromatic nitrogens is 3. The Kier molecular flexibility index (Phi) is 4.07. The molecular weight excluding hydrogens is 344 g/mol. The van der Waals surface area contributed by atoms with Gasteiger partial charge in [-0.1, -0.05) is 30.3 Å². The molecule has 7 heteroatoms. The van der Waals surface area contributed by atoms with Gasteiger partial charge in [-0.15, -0.1) is 0 Å². The van der Waals surface area contributed by atoms with Crippen LogP contribution in [0, 0.1) is 6.92 Å². The van der Waals surface area contributed by atoms with Crippen LogP contribution in [0.15, 0.2) is 57.9 Å². The van der Waals surface area contributed by atoms with Crippen molar-refractivity contribution in [1.29, 1.82) is 0 Å². The Hall–Kier alpha value is -3.35. The maximum atomic E-state index is 12.9. The zero-order chi connectivity index (χ0) is 19.1. The standard InChI is InChI=1S/C20H20N4O3/c1-13(19(25)22(3)12-15-7-5-4-6-8-15)24-20(26)17-11-18-16(9-10-27-18)23(17)14(2)21-24/h4-11,13H,12H2,1-3H3. The molecule has 1 amide bonds. The fourth-order valence-electron chi connectivity index (χ4n) is 3.42. The van der Waals surface area contributed by atoms with E-state index in [1.54, 1.807) is 48.6 Å². The molecule has 138 valence electrons. The highest BCUT2D eigenvalue weighted by Crippen LogP contribution is 2.20. The highest BCUT2D eigenvalue weighted by Gasteiger charge is 2.24. The largest absolute Gasteiger partial charge is 0.463 e. The van der Waals surface area contributed by atoms with Gasteiger partial charge in [0.1, 0.15) is 17.4 Å². The Labute approximate surface area is 155 Å². The summed E-state index contributed by atoms with van der Waals surface area (Å²) in [6, 6.07) is 12.5. The molecule has 0 N–H and O–H groups in total. The van der Waals surface area contributed by atoms with E-state index in [0.717, 1.165) is 11.1 Å². The summed E-state index contributed by atoms with van der Waals surface area (Å²) in [5.74, 6) is 0.443. The lowest BCUT2D eigenvalue weighted by atomic mass is 10.2. The van der Waals surface area contributed by atoms with Crippen molar-refractivity contribution in [3.8, 4) is 0 Å². The van der Waals surface area contributed by atoms with Crippen LogP contribution in [0.5, 0.6) is 0 Å². The summed E-state index contributed by atoms with van der Waals surface area (Å²) in [6.07, 6.45) is 1.58. The molecule has 3 heterocycles. The molecular formula is C20H20N4O3. The maximum Gasteiger partial charge on any atom is 0.291 e. The summed E-state index contributed by atoms with van der Waals surface area (Å²) in [5, 5.41) is 4.39. The number of benzene rings is 1. The first kappa shape index (κ1) is 17.1. The number of hydrogen-bond acceptors (Lipinski definition) is 4. The summed E-state index contributed by atoms with van der Waals surface area (Å²) in [5.41, 5.74) is 2.57. The van der Waals surface area contributed by atoms with Crippen molar-refractivity contribution in [2.75, 3.05) is 7.05 Å². The van der Waals surface area contributed by atoms with Gasteiger partial charge < -0.3 is 9.32 Å². The van der Waals surface area contributed by atoms with Gasteiger partial charge in [0.2, 0.25) is 5.91 Å². The summed E-state index contributed by atoms with van der Waals surface area (Å²) in [7, 11) is 1.73. The van der Waals surface area contributed by atoms with Gasteiger partial charge in [0.25, 0.3) is 5.56 Å². The molecule has 4 rings (SSSR count). The molecule has 1 aromatic carbocycles. The van der Waals surface area contributed by atoms with E-state index in [0.29, 0.717) is 23.5 Å². The molecule has 27 heavy (non-hydrogen) atoms. The van der Waals surface area contributed by atoms with Crippen LogP contribution in [0.4, 0.5) is 0 Å². The normalized spacial score (nSPS) is 12.6. The molecule has 0 fully saturated rings. The van der Waals surface area contributed by atoms with Gasteiger partial charge in [0.05, 0.1) is 11.8 Å². The van der Waals surface area contributed by atoms with Gasteiger partial charge in [-0.3, -0.25) is 14.0 Å². The molecule has 7 nitrogen and oxygen atoms in total. The van der Waals surface area contributed by atoms with E-state index in [-0.39, 0.29) is 11.5 Å². The van der Waals surface area contributed by atoms with Crippen LogP contribution in [0.1, 0.15) is 24.4 Å². The van der Waals surface area contributed by atoms with Crippen LogP contribution in [-0.2, 0) is 11.3 Å². The molecule has 0 aliphatic heterocycles. The lowest BCUT2D eigenvalue weighted by Gasteiger charge is -2.22. The second-order valence-corrected chi connectivity index (χ2v) is 6.69. The number of rotatable bonds is 4. The molecule has 0 aliphatic rings. The topological polar surface area (TPSA) is 72.8 Å². The first-order valence-electron chi connectivity index (χ1n) is 8.74. The number of furan rings is 1. The molecule has 0 spiro atoms. The number of likely N-dealkylation sites (N-methyl/N-ethyl adjacent to an activating group) is 1. The van der Waals surface area contributed by atoms with E-state index in [1.165, 1.54) is 4.68 Å². The fourth-order valence-corrected chi connectivity index (χ4v) is 3.42. The molecule has 3 aromatic heterocycles. The van der Waals surface area contributed by atoms with Crippen molar-refractivity contribution in [1.82, 2.24) is 19.1 Å². The van der Waals surface area contributed by atoms with Crippen LogP contribution in [0.3, 0.4) is 0 Å². The van der Waals surface area contributed by atoms with Gasteiger partial charge in [-0.2, -0.15) is 5.10 Å². The monoisotopic (exact) mass is 364 g/mol. The lowest BCUT2D eigenvalue weighted by molar-refractivity contribution is -0.133. The number of aryl methyl sites for hydroxylation is 1. The minimum atomic E-state index is -0.712. The molecule has 4 aromatic rings. The number of fused-ring (bicyclic) bond motifs is 3. The Morgan fingerprint density at radius 3 is 2.70 bits per heavy atom. The molecule has 1 unspecified atom stereocenters. The van der Waals surface area contributed by atoms with Crippen LogP contribution in [0.25, 0.3) is 16.6 Å². The Balaban J connectivity index is 1.69. The van der Waals surface area contributed by atoms with Gasteiger partial charge in [0.15, 0.2) is 5.58 Å². The summed E-state index contributed by atoms with van der Waals surface area (Å²) in [6.45, 7) is 3.97. The second kappa shape index (κ2) is 6.42. The average molecular weight is 364 g/mol. The summed E-state index contributed by atoms with van der Waals surface area (Å²) < 4.78 is 8.40. The maximum absolute atomic E-state index is 12.9. The summed E-state index contributed by atoms with van der Waals surface area (Å²) in [4.78, 5) is 27.4. The van der Waals surface area contributed by atoms with Gasteiger partial charge in [-0.05, 0) is 19.4 Å². The van der Waals surface area contributed by atoms with E-state index in [4.69, 9.17) is 4.42 Å². The predicted octanol–water partition coefficient (Wildman–Crippen LogP) is 2.77. The van der Waals surface area contributed by atoms with E-state index in [1.807, 2.05) is 30.3 Å². The van der Waals surface area contributed by atoms with Crippen LogP contribution in [-0.4, -0.2) is 32.0 Å². The number of amides is 1. The van der Waals surface area contributed by atoms with E-state index < -0.39 is 6.04 Å². The first-order valence-corrected chi connectivity index (χ1v) is 8.74. The van der Waals surface area contributed by atoms with E-state index >= 15 is 0 Å². The highest BCUT2D eigenvalue weighted by atomic mass is 16.3. The van der Waals surface area contributed by atoms with Crippen LogP contribution in [0.2, 0.25) is 0 Å². The second-order valence-electron chi connectivity index (χ2n) is 6.69. The van der Waals surface area contributed by atoms with Crippen molar-refractivity contribution in [2.45, 2.75) is 26.4 Å². The molecule has 0 saturated carbocycles. The Bertz CT molecular complexity index is 1190. The smallest absolute Gasteiger partial charge is 0.291 e. The van der Waals surface area contributed by atoms with E-state index in [2.05, 4.69) is 5.10 Å². The van der Waals surface area contributed by atoms with Crippen molar-refractivity contribution >= 4 is 22.5 Å². The Morgan fingerprint density at radius 2 is 1.96 bits per heavy atom. The fraction of sp³-hybridized carbons (Fsp3) is 0.250. The van der Waals surface area contributed by atoms with Crippen molar-refractivity contribution in [3.63, 3.8) is 0 Å². The van der Waals surface area contributed by atoms with Crippen molar-refractivity contribution in [2.24, 2.45) is 0 Å². The molecule has 1 atom stereocenters. The molecule has 0 saturated heterocycles. The molecule has 0 aliphatic carbocycles. The van der Waals surface area contributed by atoms with Gasteiger partial charge in [0, 0.05) is 25.7 Å². The zero-order valence-corrected chi connectivity index (χ0v) is 15.4. The third kappa shape index (κ3) is 2.81. The van der Waals surface area contributed by atoms with Crippen LogP contribution >= 0.6 is 0 Å². The minimum Gasteiger partial charge on any atom is -0.463 e. The highest BCUT2D eigenvalue weighted by molar-refractivity contribution is 5.83. The minimum absolute atomic E-state index is 0.174. The first-order chi connectivity index (χ1) is 13.0. The number of hydrogen-bond donors (Lipinski definition) is 0. The van der Waals surface area contributed by atoms with Crippen LogP contribution < -0.4 is 5.56 Å². The predicted molar refractivity (Wildman–Crippen MR) is 102 cm³/mol. The van der Waals surface area contributed by atoms with E-state index in [9.17, 15) is 9.59 Å². The van der Waals surface area contributed by atoms with Crippen molar-refractivity contribution < 1.29 is 9.21 Å². The van der Waals surface area contributed by atoms with Gasteiger partial charge in [-0.25, -0.2) is 4.68 Å². The number of nitrogens with zero attached hydrogens (tertiary/aromatic N) is 4. The number of carbonyl (C=O) groups excluding carboxylic acids is 1.